The van der Waals surface area contributed by atoms with E-state index in [1.807, 2.05) is 0 Å². The minimum absolute atomic E-state index is 0.168. The molecule has 4 rings (SSSR count). The molecule has 0 saturated heterocycles. The Labute approximate surface area is 145 Å². The maximum atomic E-state index is 13.0. The van der Waals surface area contributed by atoms with Gasteiger partial charge in [-0.3, -0.25) is 4.79 Å². The lowest BCUT2D eigenvalue weighted by molar-refractivity contribution is -0.129. The molecule has 0 radical (unpaired) electrons. The van der Waals surface area contributed by atoms with Crippen molar-refractivity contribution in [2.24, 2.45) is 29.4 Å². The van der Waals surface area contributed by atoms with Crippen LogP contribution >= 0.6 is 0 Å². The minimum Gasteiger partial charge on any atom is -0.349 e. The monoisotopic (exact) mass is 326 g/mol. The van der Waals surface area contributed by atoms with Gasteiger partial charge in [0, 0.05) is 12.0 Å². The third-order valence-corrected chi connectivity index (χ3v) is 6.91. The van der Waals surface area contributed by atoms with Gasteiger partial charge in [0.1, 0.15) is 0 Å². The average Bonchev–Trinajstić information content (AvgIpc) is 2.57. The van der Waals surface area contributed by atoms with Gasteiger partial charge in [0.05, 0.1) is 6.04 Å². The predicted molar refractivity (Wildman–Crippen MR) is 96.3 cm³/mol. The maximum absolute atomic E-state index is 13.0. The minimum atomic E-state index is 0.168. The largest absolute Gasteiger partial charge is 0.349 e. The van der Waals surface area contributed by atoms with Gasteiger partial charge in [-0.05, 0) is 67.4 Å². The summed E-state index contributed by atoms with van der Waals surface area (Å²) in [6, 6.07) is 9.12. The summed E-state index contributed by atoms with van der Waals surface area (Å²) in [5.41, 5.74) is 9.12. The molecule has 130 valence electrons. The van der Waals surface area contributed by atoms with E-state index in [-0.39, 0.29) is 17.9 Å². The van der Waals surface area contributed by atoms with E-state index in [1.165, 1.54) is 30.4 Å². The highest BCUT2D eigenvalue weighted by molar-refractivity contribution is 5.79. The number of fused-ring (bicyclic) bond motifs is 3. The number of nitrogens with one attached hydrogen (secondary N) is 1. The molecular formula is C21H30N2O. The fourth-order valence-electron chi connectivity index (χ4n) is 5.42. The second-order valence-corrected chi connectivity index (χ2v) is 8.40. The molecule has 1 aromatic carbocycles. The smallest absolute Gasteiger partial charge is 0.223 e. The highest BCUT2D eigenvalue weighted by Gasteiger charge is 2.41. The van der Waals surface area contributed by atoms with Crippen LogP contribution in [0, 0.1) is 23.7 Å². The quantitative estimate of drug-likeness (QED) is 0.873. The summed E-state index contributed by atoms with van der Waals surface area (Å²) in [4.78, 5) is 13.0. The van der Waals surface area contributed by atoms with Crippen molar-refractivity contribution in [3.05, 3.63) is 35.4 Å². The van der Waals surface area contributed by atoms with Crippen molar-refractivity contribution in [3.8, 4) is 0 Å². The Balaban J connectivity index is 1.48. The van der Waals surface area contributed by atoms with Gasteiger partial charge < -0.3 is 11.1 Å². The number of aryl methyl sites for hydroxylation is 1. The van der Waals surface area contributed by atoms with E-state index in [1.54, 1.807) is 0 Å². The lowest BCUT2D eigenvalue weighted by Gasteiger charge is -2.44. The summed E-state index contributed by atoms with van der Waals surface area (Å²) >= 11 is 0. The molecule has 0 heterocycles. The molecule has 0 spiro atoms. The number of nitrogens with two attached hydrogens (primary N) is 1. The molecule has 1 amide bonds. The van der Waals surface area contributed by atoms with Gasteiger partial charge in [-0.15, -0.1) is 0 Å². The van der Waals surface area contributed by atoms with E-state index in [9.17, 15) is 4.79 Å². The lowest BCUT2D eigenvalue weighted by atomic mass is 9.65. The first-order valence-corrected chi connectivity index (χ1v) is 9.77. The molecule has 4 atom stereocenters. The van der Waals surface area contributed by atoms with Crippen molar-refractivity contribution in [2.45, 2.75) is 64.0 Å². The summed E-state index contributed by atoms with van der Waals surface area (Å²) < 4.78 is 0. The van der Waals surface area contributed by atoms with Crippen LogP contribution in [-0.4, -0.2) is 11.9 Å². The van der Waals surface area contributed by atoms with E-state index in [2.05, 4.69) is 36.5 Å². The van der Waals surface area contributed by atoms with E-state index in [0.29, 0.717) is 23.8 Å². The van der Waals surface area contributed by atoms with E-state index in [0.717, 1.165) is 25.7 Å². The summed E-state index contributed by atoms with van der Waals surface area (Å²) in [7, 11) is 0. The number of amides is 1. The third kappa shape index (κ3) is 2.88. The number of hydrogen-bond acceptors (Lipinski definition) is 2. The van der Waals surface area contributed by atoms with E-state index in [4.69, 9.17) is 5.73 Å². The van der Waals surface area contributed by atoms with Gasteiger partial charge in [-0.1, -0.05) is 37.6 Å². The van der Waals surface area contributed by atoms with Crippen LogP contribution in [0.15, 0.2) is 24.3 Å². The van der Waals surface area contributed by atoms with Crippen LogP contribution in [0.5, 0.6) is 0 Å². The molecule has 3 heteroatoms. The van der Waals surface area contributed by atoms with Crippen LogP contribution in [0.2, 0.25) is 0 Å². The van der Waals surface area contributed by atoms with Crippen molar-refractivity contribution in [1.29, 1.82) is 0 Å². The molecule has 3 nitrogen and oxygen atoms in total. The molecule has 2 fully saturated rings. The Hall–Kier alpha value is -1.35. The van der Waals surface area contributed by atoms with Crippen LogP contribution in [-0.2, 0) is 11.2 Å². The first-order chi connectivity index (χ1) is 11.6. The Kier molecular flexibility index (Phi) is 4.38. The van der Waals surface area contributed by atoms with Crippen molar-refractivity contribution >= 4 is 5.91 Å². The van der Waals surface area contributed by atoms with Crippen molar-refractivity contribution in [3.63, 3.8) is 0 Å². The molecule has 0 aromatic heterocycles. The predicted octanol–water partition coefficient (Wildman–Crippen LogP) is 3.58. The molecule has 4 unspecified atom stereocenters. The lowest BCUT2D eigenvalue weighted by Crippen LogP contribution is -2.49. The van der Waals surface area contributed by atoms with Gasteiger partial charge in [0.25, 0.3) is 0 Å². The topological polar surface area (TPSA) is 55.1 Å². The zero-order chi connectivity index (χ0) is 16.7. The summed E-state index contributed by atoms with van der Waals surface area (Å²) in [5.74, 6) is 2.07. The summed E-state index contributed by atoms with van der Waals surface area (Å²) in [6.07, 6.45) is 7.99. The van der Waals surface area contributed by atoms with Crippen LogP contribution < -0.4 is 11.1 Å². The standard InChI is InChI=1S/C21H30N2O/c1-13-9-10-14-5-2-3-8-18(14)20(13)23-21(24)17-11-15-6-4-7-16(12-17)19(15)22/h2-3,5,8,13,15-17,19-20H,4,6-7,9-12,22H2,1H3,(H,23,24). The molecule has 3 aliphatic rings. The fourth-order valence-corrected chi connectivity index (χ4v) is 5.42. The van der Waals surface area contributed by atoms with Gasteiger partial charge in [0.15, 0.2) is 0 Å². The van der Waals surface area contributed by atoms with Gasteiger partial charge >= 0.3 is 0 Å². The maximum Gasteiger partial charge on any atom is 0.223 e. The molecule has 24 heavy (non-hydrogen) atoms. The first kappa shape index (κ1) is 16.1. The Morgan fingerprint density at radius 2 is 1.83 bits per heavy atom. The molecule has 0 aliphatic heterocycles. The fraction of sp³-hybridized carbons (Fsp3) is 0.667. The summed E-state index contributed by atoms with van der Waals surface area (Å²) in [6.45, 7) is 2.27. The van der Waals surface area contributed by atoms with Gasteiger partial charge in [-0.25, -0.2) is 0 Å². The van der Waals surface area contributed by atoms with Crippen molar-refractivity contribution in [1.82, 2.24) is 5.32 Å². The molecule has 3 aliphatic carbocycles. The van der Waals surface area contributed by atoms with Crippen molar-refractivity contribution in [2.75, 3.05) is 0 Å². The zero-order valence-corrected chi connectivity index (χ0v) is 14.7. The molecule has 2 bridgehead atoms. The average molecular weight is 326 g/mol. The van der Waals surface area contributed by atoms with Crippen molar-refractivity contribution < 1.29 is 4.79 Å². The van der Waals surface area contributed by atoms with Gasteiger partial charge in [-0.2, -0.15) is 0 Å². The second kappa shape index (κ2) is 6.51. The Bertz CT molecular complexity index is 600. The molecule has 2 saturated carbocycles. The highest BCUT2D eigenvalue weighted by atomic mass is 16.1. The molecule has 1 aromatic rings. The Morgan fingerprint density at radius 3 is 2.58 bits per heavy atom. The van der Waals surface area contributed by atoms with E-state index < -0.39 is 0 Å². The number of carbonyl (C=O) groups is 1. The third-order valence-electron chi connectivity index (χ3n) is 6.91. The second-order valence-electron chi connectivity index (χ2n) is 8.40. The molecular weight excluding hydrogens is 296 g/mol. The van der Waals surface area contributed by atoms with Crippen LogP contribution in [0.3, 0.4) is 0 Å². The molecule has 3 N–H and O–H groups in total. The number of rotatable bonds is 2. The first-order valence-electron chi connectivity index (χ1n) is 9.77. The normalized spacial score (nSPS) is 38.2. The van der Waals surface area contributed by atoms with Crippen LogP contribution in [0.25, 0.3) is 0 Å². The van der Waals surface area contributed by atoms with Crippen LogP contribution in [0.1, 0.15) is 62.6 Å². The Morgan fingerprint density at radius 1 is 1.12 bits per heavy atom. The highest BCUT2D eigenvalue weighted by Crippen LogP contribution is 2.42. The van der Waals surface area contributed by atoms with Gasteiger partial charge in [0.2, 0.25) is 5.91 Å². The number of benzene rings is 1. The number of carbonyl (C=O) groups excluding carboxylic acids is 1. The summed E-state index contributed by atoms with van der Waals surface area (Å²) in [5, 5.41) is 3.42. The van der Waals surface area contributed by atoms with E-state index >= 15 is 0 Å². The van der Waals surface area contributed by atoms with Crippen LogP contribution in [0.4, 0.5) is 0 Å². The SMILES string of the molecule is CC1CCc2ccccc2C1NC(=O)C1CC2CCCC(C1)C2N. The number of hydrogen-bond donors (Lipinski definition) is 2. The zero-order valence-electron chi connectivity index (χ0n) is 14.7.